The summed E-state index contributed by atoms with van der Waals surface area (Å²) >= 11 is 0. The van der Waals surface area contributed by atoms with Crippen molar-refractivity contribution in [2.24, 2.45) is 5.73 Å². The van der Waals surface area contributed by atoms with Gasteiger partial charge in [-0.05, 0) is 42.0 Å². The molecule has 1 aromatic carbocycles. The van der Waals surface area contributed by atoms with E-state index < -0.39 is 0 Å². The molecule has 1 atom stereocenters. The second-order valence-corrected chi connectivity index (χ2v) is 4.32. The standard InChI is InChI=1S/C13H16N2/c1-8-3-4-10-7-11(13(14)15)6-9(2)12(10)5-8/h3-5,7,9H,6H2,1-2H3,(H3,14,15). The van der Waals surface area contributed by atoms with Crippen LogP contribution in [0.2, 0.25) is 0 Å². The Hall–Kier alpha value is -1.57. The Bertz CT molecular complexity index is 444. The first kappa shape index (κ1) is 9.97. The zero-order chi connectivity index (χ0) is 11.0. The molecule has 1 aliphatic carbocycles. The van der Waals surface area contributed by atoms with Crippen molar-refractivity contribution >= 4 is 11.9 Å². The number of nitrogens with one attached hydrogen (secondary N) is 1. The lowest BCUT2D eigenvalue weighted by Crippen LogP contribution is -2.17. The van der Waals surface area contributed by atoms with Gasteiger partial charge in [0.1, 0.15) is 5.84 Å². The molecule has 0 aromatic heterocycles. The molecule has 1 aliphatic rings. The molecule has 0 aliphatic heterocycles. The number of hydrogen-bond acceptors (Lipinski definition) is 1. The lowest BCUT2D eigenvalue weighted by molar-refractivity contribution is 0.755. The Morgan fingerprint density at radius 1 is 1.47 bits per heavy atom. The van der Waals surface area contributed by atoms with Crippen LogP contribution >= 0.6 is 0 Å². The van der Waals surface area contributed by atoms with E-state index in [0.717, 1.165) is 12.0 Å². The largest absolute Gasteiger partial charge is 0.384 e. The topological polar surface area (TPSA) is 49.9 Å². The van der Waals surface area contributed by atoms with Crippen molar-refractivity contribution in [1.82, 2.24) is 0 Å². The lowest BCUT2D eigenvalue weighted by Gasteiger charge is -2.22. The van der Waals surface area contributed by atoms with Gasteiger partial charge in [-0.2, -0.15) is 0 Å². The van der Waals surface area contributed by atoms with Crippen LogP contribution in [-0.4, -0.2) is 5.84 Å². The van der Waals surface area contributed by atoms with Crippen molar-refractivity contribution in [2.75, 3.05) is 0 Å². The summed E-state index contributed by atoms with van der Waals surface area (Å²) in [6, 6.07) is 6.45. The van der Waals surface area contributed by atoms with Crippen molar-refractivity contribution < 1.29 is 0 Å². The van der Waals surface area contributed by atoms with Crippen molar-refractivity contribution in [2.45, 2.75) is 26.2 Å². The predicted molar refractivity (Wildman–Crippen MR) is 64.1 cm³/mol. The van der Waals surface area contributed by atoms with Gasteiger partial charge < -0.3 is 5.73 Å². The second kappa shape index (κ2) is 3.54. The molecule has 0 saturated heterocycles. The first-order chi connectivity index (χ1) is 7.08. The summed E-state index contributed by atoms with van der Waals surface area (Å²) in [6.45, 7) is 4.30. The summed E-state index contributed by atoms with van der Waals surface area (Å²) in [5, 5.41) is 7.47. The molecule has 3 N–H and O–H groups in total. The van der Waals surface area contributed by atoms with Gasteiger partial charge in [-0.1, -0.05) is 30.7 Å². The van der Waals surface area contributed by atoms with Crippen LogP contribution in [0.1, 0.15) is 36.0 Å². The maximum Gasteiger partial charge on any atom is 0.118 e. The maximum atomic E-state index is 7.47. The third-order valence-electron chi connectivity index (χ3n) is 2.97. The molecular formula is C13H16N2. The highest BCUT2D eigenvalue weighted by Crippen LogP contribution is 2.33. The maximum absolute atomic E-state index is 7.47. The summed E-state index contributed by atoms with van der Waals surface area (Å²) in [5.41, 5.74) is 10.4. The highest BCUT2D eigenvalue weighted by Gasteiger charge is 2.18. The van der Waals surface area contributed by atoms with Gasteiger partial charge in [0.05, 0.1) is 0 Å². The Labute approximate surface area is 90.3 Å². The number of rotatable bonds is 1. The van der Waals surface area contributed by atoms with E-state index in [1.54, 1.807) is 0 Å². The quantitative estimate of drug-likeness (QED) is 0.531. The minimum atomic E-state index is 0.202. The monoisotopic (exact) mass is 200 g/mol. The minimum absolute atomic E-state index is 0.202. The van der Waals surface area contributed by atoms with E-state index >= 15 is 0 Å². The third kappa shape index (κ3) is 1.80. The smallest absolute Gasteiger partial charge is 0.118 e. The third-order valence-corrected chi connectivity index (χ3v) is 2.97. The van der Waals surface area contributed by atoms with Gasteiger partial charge in [-0.15, -0.1) is 0 Å². The Kier molecular flexibility index (Phi) is 2.35. The SMILES string of the molecule is Cc1ccc2c(c1)C(C)CC(C(=N)N)=C2. The Morgan fingerprint density at radius 3 is 2.87 bits per heavy atom. The number of amidine groups is 1. The minimum Gasteiger partial charge on any atom is -0.384 e. The molecule has 78 valence electrons. The fraction of sp³-hybridized carbons (Fsp3) is 0.308. The predicted octanol–water partition coefficient (Wildman–Crippen LogP) is 2.82. The number of fused-ring (bicyclic) bond motifs is 1. The van der Waals surface area contributed by atoms with Crippen LogP contribution in [-0.2, 0) is 0 Å². The number of hydrogen-bond donors (Lipinski definition) is 2. The molecule has 1 aromatic rings. The van der Waals surface area contributed by atoms with E-state index in [9.17, 15) is 0 Å². The van der Waals surface area contributed by atoms with Crippen LogP contribution in [0.25, 0.3) is 6.08 Å². The summed E-state index contributed by atoms with van der Waals surface area (Å²) in [5.74, 6) is 0.664. The molecule has 0 heterocycles. The van der Waals surface area contributed by atoms with Gasteiger partial charge in [0.2, 0.25) is 0 Å². The molecule has 0 radical (unpaired) electrons. The van der Waals surface area contributed by atoms with Gasteiger partial charge in [-0.25, -0.2) is 0 Å². The zero-order valence-corrected chi connectivity index (χ0v) is 9.17. The van der Waals surface area contributed by atoms with Crippen molar-refractivity contribution in [3.63, 3.8) is 0 Å². The van der Waals surface area contributed by atoms with E-state index in [1.165, 1.54) is 16.7 Å². The number of aryl methyl sites for hydroxylation is 1. The van der Waals surface area contributed by atoms with Crippen LogP contribution in [0.15, 0.2) is 23.8 Å². The van der Waals surface area contributed by atoms with Crippen LogP contribution in [0.5, 0.6) is 0 Å². The summed E-state index contributed by atoms with van der Waals surface area (Å²) < 4.78 is 0. The van der Waals surface area contributed by atoms with E-state index in [0.29, 0.717) is 5.92 Å². The average molecular weight is 200 g/mol. The Balaban J connectivity index is 2.52. The molecule has 0 bridgehead atoms. The fourth-order valence-electron chi connectivity index (χ4n) is 2.13. The van der Waals surface area contributed by atoms with Gasteiger partial charge in [-0.3, -0.25) is 5.41 Å². The first-order valence-electron chi connectivity index (χ1n) is 5.23. The first-order valence-corrected chi connectivity index (χ1v) is 5.23. The van der Waals surface area contributed by atoms with Crippen LogP contribution < -0.4 is 5.73 Å². The summed E-state index contributed by atoms with van der Waals surface area (Å²) in [7, 11) is 0. The Morgan fingerprint density at radius 2 is 2.20 bits per heavy atom. The van der Waals surface area contributed by atoms with Crippen LogP contribution in [0.4, 0.5) is 0 Å². The van der Waals surface area contributed by atoms with Gasteiger partial charge in [0, 0.05) is 0 Å². The molecule has 0 fully saturated rings. The zero-order valence-electron chi connectivity index (χ0n) is 9.17. The average Bonchev–Trinajstić information content (AvgIpc) is 2.18. The van der Waals surface area contributed by atoms with Crippen LogP contribution in [0.3, 0.4) is 0 Å². The molecule has 0 spiro atoms. The molecule has 2 heteroatoms. The van der Waals surface area contributed by atoms with Gasteiger partial charge in [0.25, 0.3) is 0 Å². The summed E-state index contributed by atoms with van der Waals surface area (Å²) in [6.07, 6.45) is 2.92. The number of nitrogens with two attached hydrogens (primary N) is 1. The van der Waals surface area contributed by atoms with Crippen molar-refractivity contribution in [3.05, 3.63) is 40.5 Å². The van der Waals surface area contributed by atoms with Crippen LogP contribution in [0, 0.1) is 12.3 Å². The van der Waals surface area contributed by atoms with E-state index in [4.69, 9.17) is 11.1 Å². The van der Waals surface area contributed by atoms with Crippen molar-refractivity contribution in [1.29, 1.82) is 5.41 Å². The summed E-state index contributed by atoms with van der Waals surface area (Å²) in [4.78, 5) is 0. The lowest BCUT2D eigenvalue weighted by atomic mass is 9.83. The molecule has 1 unspecified atom stereocenters. The van der Waals surface area contributed by atoms with Gasteiger partial charge >= 0.3 is 0 Å². The second-order valence-electron chi connectivity index (χ2n) is 4.32. The van der Waals surface area contributed by atoms with Crippen molar-refractivity contribution in [3.8, 4) is 0 Å². The fourth-order valence-corrected chi connectivity index (χ4v) is 2.13. The molecule has 0 saturated carbocycles. The molecule has 2 rings (SSSR count). The highest BCUT2D eigenvalue weighted by atomic mass is 14.7. The normalized spacial score (nSPS) is 19.3. The van der Waals surface area contributed by atoms with E-state index in [2.05, 4.69) is 32.0 Å². The highest BCUT2D eigenvalue weighted by molar-refractivity contribution is 5.99. The molecular weight excluding hydrogens is 184 g/mol. The van der Waals surface area contributed by atoms with Gasteiger partial charge in [0.15, 0.2) is 0 Å². The molecule has 2 nitrogen and oxygen atoms in total. The van der Waals surface area contributed by atoms with E-state index in [1.807, 2.05) is 6.08 Å². The van der Waals surface area contributed by atoms with E-state index in [-0.39, 0.29) is 5.84 Å². The molecule has 15 heavy (non-hydrogen) atoms. The molecule has 0 amide bonds. The number of benzene rings is 1.